The van der Waals surface area contributed by atoms with E-state index in [1.807, 2.05) is 13.8 Å². The molecule has 3 rings (SSSR count). The van der Waals surface area contributed by atoms with Crippen molar-refractivity contribution in [2.75, 3.05) is 19.7 Å². The van der Waals surface area contributed by atoms with E-state index in [0.29, 0.717) is 31.1 Å². The van der Waals surface area contributed by atoms with E-state index >= 15 is 0 Å². The first kappa shape index (κ1) is 16.5. The third-order valence-corrected chi connectivity index (χ3v) is 3.75. The Morgan fingerprint density at radius 1 is 1.41 bits per heavy atom. The van der Waals surface area contributed by atoms with Crippen molar-refractivity contribution in [2.24, 2.45) is 0 Å². The van der Waals surface area contributed by atoms with Crippen LogP contribution in [0.1, 0.15) is 55.3 Å². The monoisotopic (exact) mass is 309 g/mol. The molecule has 1 aliphatic carbocycles. The Morgan fingerprint density at radius 3 is 2.77 bits per heavy atom. The maximum atomic E-state index is 12.0. The van der Waals surface area contributed by atoms with E-state index in [1.165, 1.54) is 0 Å². The van der Waals surface area contributed by atoms with Crippen molar-refractivity contribution < 1.29 is 19.2 Å². The van der Waals surface area contributed by atoms with Gasteiger partial charge in [0.1, 0.15) is 12.4 Å². The second-order valence-electron chi connectivity index (χ2n) is 5.35. The van der Waals surface area contributed by atoms with Gasteiger partial charge < -0.3 is 19.8 Å². The second kappa shape index (κ2) is 7.40. The van der Waals surface area contributed by atoms with Crippen molar-refractivity contribution in [3.8, 4) is 0 Å². The maximum Gasteiger partial charge on any atom is 0.273 e. The van der Waals surface area contributed by atoms with Gasteiger partial charge in [-0.05, 0) is 19.3 Å². The van der Waals surface area contributed by atoms with Crippen LogP contribution in [-0.4, -0.2) is 52.7 Å². The largest absolute Gasteiger partial charge is 0.387 e. The summed E-state index contributed by atoms with van der Waals surface area (Å²) in [6.45, 7) is 4.49. The number of likely N-dealkylation sites (tertiary alicyclic amines) is 1. The minimum atomic E-state index is -0.491. The van der Waals surface area contributed by atoms with Gasteiger partial charge in [-0.25, -0.2) is 0 Å². The fraction of sp³-hybridized carbons (Fsp3) is 0.667. The molecule has 7 nitrogen and oxygen atoms in total. The van der Waals surface area contributed by atoms with Crippen LogP contribution in [-0.2, 0) is 4.79 Å². The Hall–Kier alpha value is -1.89. The topological polar surface area (TPSA) is 95.7 Å². The Balaban J connectivity index is 0.000000847. The van der Waals surface area contributed by atoms with Crippen LogP contribution in [0.15, 0.2) is 10.6 Å². The highest BCUT2D eigenvalue weighted by molar-refractivity contribution is 5.92. The van der Waals surface area contributed by atoms with Crippen molar-refractivity contribution >= 4 is 11.8 Å². The number of nitrogens with one attached hydrogen (secondary N) is 1. The number of rotatable bonds is 4. The normalized spacial score (nSPS) is 20.3. The van der Waals surface area contributed by atoms with Crippen molar-refractivity contribution in [3.63, 3.8) is 0 Å². The van der Waals surface area contributed by atoms with Crippen LogP contribution in [0.25, 0.3) is 0 Å². The fourth-order valence-electron chi connectivity index (χ4n) is 2.42. The molecule has 1 aromatic rings. The zero-order chi connectivity index (χ0) is 16.1. The van der Waals surface area contributed by atoms with Gasteiger partial charge in [0.05, 0.1) is 0 Å². The van der Waals surface area contributed by atoms with Crippen molar-refractivity contribution in [1.82, 2.24) is 15.4 Å². The zero-order valence-electron chi connectivity index (χ0n) is 13.0. The molecule has 0 aromatic carbocycles. The van der Waals surface area contributed by atoms with Crippen molar-refractivity contribution in [3.05, 3.63) is 17.5 Å². The molecular formula is C15H23N3O4. The lowest BCUT2D eigenvalue weighted by atomic mass is 10.2. The molecule has 1 aromatic heterocycles. The third-order valence-electron chi connectivity index (χ3n) is 3.75. The summed E-state index contributed by atoms with van der Waals surface area (Å²) in [5, 5.41) is 15.4. The van der Waals surface area contributed by atoms with Gasteiger partial charge >= 0.3 is 0 Å². The Kier molecular flexibility index (Phi) is 5.54. The van der Waals surface area contributed by atoms with Gasteiger partial charge in [0.2, 0.25) is 5.91 Å². The smallest absolute Gasteiger partial charge is 0.273 e. The van der Waals surface area contributed by atoms with Crippen molar-refractivity contribution in [2.45, 2.75) is 45.1 Å². The molecule has 122 valence electrons. The average molecular weight is 309 g/mol. The summed E-state index contributed by atoms with van der Waals surface area (Å²) in [6, 6.07) is 1.59. The highest BCUT2D eigenvalue weighted by Gasteiger charge is 2.30. The van der Waals surface area contributed by atoms with E-state index in [4.69, 9.17) is 9.63 Å². The van der Waals surface area contributed by atoms with Crippen LogP contribution in [0.5, 0.6) is 0 Å². The first-order chi connectivity index (χ1) is 10.7. The summed E-state index contributed by atoms with van der Waals surface area (Å²) in [6.07, 6.45) is 2.87. The van der Waals surface area contributed by atoms with E-state index < -0.39 is 6.61 Å². The third kappa shape index (κ3) is 3.85. The Labute approximate surface area is 129 Å². The summed E-state index contributed by atoms with van der Waals surface area (Å²) < 4.78 is 5.14. The molecule has 0 radical (unpaired) electrons. The molecule has 2 heterocycles. The number of hydrogen-bond acceptors (Lipinski definition) is 5. The molecule has 2 N–H and O–H groups in total. The predicted octanol–water partition coefficient (Wildman–Crippen LogP) is 0.901. The number of amides is 2. The number of aliphatic hydroxyl groups excluding tert-OH is 1. The molecule has 1 saturated carbocycles. The van der Waals surface area contributed by atoms with Crippen LogP contribution < -0.4 is 5.32 Å². The van der Waals surface area contributed by atoms with Gasteiger partial charge in [-0.3, -0.25) is 9.59 Å². The highest BCUT2D eigenvalue weighted by atomic mass is 16.5. The van der Waals surface area contributed by atoms with Gasteiger partial charge in [-0.2, -0.15) is 0 Å². The molecule has 0 spiro atoms. The first-order valence-corrected chi connectivity index (χ1v) is 7.83. The number of carbonyl (C=O) groups excluding carboxylic acids is 2. The lowest BCUT2D eigenvalue weighted by Gasteiger charge is -2.15. The summed E-state index contributed by atoms with van der Waals surface area (Å²) in [4.78, 5) is 24.9. The SMILES string of the molecule is CC.O=C(NC1CCN(C(=O)CO)C1)c1cc(C2CC2)on1. The standard InChI is InChI=1S/C13H17N3O4.C2H6/c17-7-12(18)16-4-3-9(6-16)14-13(19)10-5-11(20-15-10)8-1-2-8;1-2/h5,8-9,17H,1-4,6-7H2,(H,14,19);1-2H3. The average Bonchev–Trinajstić information content (AvgIpc) is 3.10. The number of aliphatic hydroxyl groups is 1. The lowest BCUT2D eigenvalue weighted by Crippen LogP contribution is -2.39. The van der Waals surface area contributed by atoms with Gasteiger partial charge in [-0.1, -0.05) is 19.0 Å². The Bertz CT molecular complexity index is 525. The molecule has 1 saturated heterocycles. The van der Waals surface area contributed by atoms with E-state index in [0.717, 1.165) is 18.6 Å². The quantitative estimate of drug-likeness (QED) is 0.861. The molecule has 1 atom stereocenters. The van der Waals surface area contributed by atoms with Gasteiger partial charge in [0.15, 0.2) is 5.69 Å². The minimum Gasteiger partial charge on any atom is -0.387 e. The highest BCUT2D eigenvalue weighted by Crippen LogP contribution is 2.40. The molecule has 2 fully saturated rings. The Morgan fingerprint density at radius 2 is 2.14 bits per heavy atom. The van der Waals surface area contributed by atoms with Gasteiger partial charge in [0, 0.05) is 31.1 Å². The van der Waals surface area contributed by atoms with Crippen LogP contribution in [0, 0.1) is 0 Å². The first-order valence-electron chi connectivity index (χ1n) is 7.83. The van der Waals surface area contributed by atoms with Gasteiger partial charge in [0.25, 0.3) is 5.91 Å². The van der Waals surface area contributed by atoms with Crippen LogP contribution >= 0.6 is 0 Å². The van der Waals surface area contributed by atoms with E-state index in [2.05, 4.69) is 10.5 Å². The maximum absolute atomic E-state index is 12.0. The van der Waals surface area contributed by atoms with Gasteiger partial charge in [-0.15, -0.1) is 0 Å². The lowest BCUT2D eigenvalue weighted by molar-refractivity contribution is -0.133. The van der Waals surface area contributed by atoms with E-state index in [1.54, 1.807) is 11.0 Å². The number of aromatic nitrogens is 1. The number of carbonyl (C=O) groups is 2. The molecular weight excluding hydrogens is 286 g/mol. The molecule has 2 aliphatic rings. The van der Waals surface area contributed by atoms with E-state index in [-0.39, 0.29) is 17.9 Å². The fourth-order valence-corrected chi connectivity index (χ4v) is 2.42. The van der Waals surface area contributed by atoms with Crippen LogP contribution in [0.2, 0.25) is 0 Å². The summed E-state index contributed by atoms with van der Waals surface area (Å²) in [5.74, 6) is 0.620. The molecule has 2 amide bonds. The summed E-state index contributed by atoms with van der Waals surface area (Å²) >= 11 is 0. The molecule has 1 unspecified atom stereocenters. The predicted molar refractivity (Wildman–Crippen MR) is 79.4 cm³/mol. The van der Waals surface area contributed by atoms with Crippen molar-refractivity contribution in [1.29, 1.82) is 0 Å². The molecule has 1 aliphatic heterocycles. The van der Waals surface area contributed by atoms with E-state index in [9.17, 15) is 9.59 Å². The molecule has 0 bridgehead atoms. The second-order valence-corrected chi connectivity index (χ2v) is 5.35. The number of nitrogens with zero attached hydrogens (tertiary/aromatic N) is 2. The van der Waals surface area contributed by atoms with Crippen LogP contribution in [0.3, 0.4) is 0 Å². The zero-order valence-corrected chi connectivity index (χ0v) is 13.0. The minimum absolute atomic E-state index is 0.0981. The molecule has 7 heteroatoms. The molecule has 22 heavy (non-hydrogen) atoms. The summed E-state index contributed by atoms with van der Waals surface area (Å²) in [7, 11) is 0. The number of hydrogen-bond donors (Lipinski definition) is 2. The van der Waals surface area contributed by atoms with Crippen LogP contribution in [0.4, 0.5) is 0 Å². The summed E-state index contributed by atoms with van der Waals surface area (Å²) in [5.41, 5.74) is 0.291.